The Kier molecular flexibility index (Phi) is 6.81. The van der Waals surface area contributed by atoms with E-state index in [1.807, 2.05) is 55.2 Å². The summed E-state index contributed by atoms with van der Waals surface area (Å²) < 4.78 is 4.03. The zero-order valence-electron chi connectivity index (χ0n) is 13.6. The minimum absolute atomic E-state index is 0. The maximum Gasteiger partial charge on any atom is 0.292 e. The van der Waals surface area contributed by atoms with Gasteiger partial charge in [0.25, 0.3) is 5.91 Å². The van der Waals surface area contributed by atoms with Crippen molar-refractivity contribution in [3.8, 4) is 0 Å². The molecule has 1 aromatic carbocycles. The molecule has 0 radical (unpaired) electrons. The van der Waals surface area contributed by atoms with Crippen molar-refractivity contribution in [2.24, 2.45) is 5.92 Å². The van der Waals surface area contributed by atoms with E-state index in [2.05, 4.69) is 23.8 Å². The Bertz CT molecular complexity index is 614. The van der Waals surface area contributed by atoms with Crippen LogP contribution in [0.5, 0.6) is 0 Å². The van der Waals surface area contributed by atoms with E-state index in [-0.39, 0.29) is 22.9 Å². The molecule has 1 amide bonds. The number of anilines is 1. The highest BCUT2D eigenvalue weighted by Crippen LogP contribution is 2.19. The van der Waals surface area contributed by atoms with Crippen molar-refractivity contribution in [1.29, 1.82) is 0 Å². The fraction of sp³-hybridized carbons (Fsp3) is 0.412. The lowest BCUT2D eigenvalue weighted by Gasteiger charge is -2.10. The van der Waals surface area contributed by atoms with E-state index in [9.17, 15) is 4.79 Å². The average Bonchev–Trinajstić information content (AvgIpc) is 2.80. The third-order valence-corrected chi connectivity index (χ3v) is 3.45. The number of amides is 1. The van der Waals surface area contributed by atoms with E-state index in [4.69, 9.17) is 0 Å². The molecule has 22 heavy (non-hydrogen) atoms. The summed E-state index contributed by atoms with van der Waals surface area (Å²) in [4.78, 5) is 12.3. The van der Waals surface area contributed by atoms with Gasteiger partial charge in [0.15, 0.2) is 6.20 Å². The van der Waals surface area contributed by atoms with Crippen molar-refractivity contribution >= 4 is 11.6 Å². The molecule has 120 valence electrons. The van der Waals surface area contributed by atoms with Crippen LogP contribution >= 0.6 is 0 Å². The Labute approximate surface area is 142 Å². The summed E-state index contributed by atoms with van der Waals surface area (Å²) in [6.07, 6.45) is 3.94. The summed E-state index contributed by atoms with van der Waals surface area (Å²) in [5.74, 6) is 0.548. The summed E-state index contributed by atoms with van der Waals surface area (Å²) in [6, 6.07) is 7.99. The van der Waals surface area contributed by atoms with Gasteiger partial charge >= 0.3 is 0 Å². The first-order chi connectivity index (χ1) is 9.97. The highest BCUT2D eigenvalue weighted by Gasteiger charge is 2.16. The number of rotatable bonds is 5. The number of benzene rings is 1. The van der Waals surface area contributed by atoms with E-state index < -0.39 is 0 Å². The second-order valence-corrected chi connectivity index (χ2v) is 5.92. The first kappa shape index (κ1) is 18.4. The van der Waals surface area contributed by atoms with Crippen molar-refractivity contribution in [3.05, 3.63) is 47.8 Å². The monoisotopic (exact) mass is 365 g/mol. The maximum atomic E-state index is 12.3. The third kappa shape index (κ3) is 4.70. The number of carbonyl (C=O) groups excluding carboxylic acids is 1. The number of aryl methyl sites for hydroxylation is 2. The smallest absolute Gasteiger partial charge is 0.292 e. The molecule has 0 aliphatic rings. The van der Waals surface area contributed by atoms with Crippen LogP contribution in [0.3, 0.4) is 0 Å². The Balaban J connectivity index is 0.00000242. The maximum absolute atomic E-state index is 12.3. The van der Waals surface area contributed by atoms with Gasteiger partial charge in [-0.3, -0.25) is 4.79 Å². The van der Waals surface area contributed by atoms with Crippen LogP contribution in [-0.2, 0) is 17.9 Å². The molecule has 0 bridgehead atoms. The Morgan fingerprint density at radius 2 is 1.86 bits per heavy atom. The average molecular weight is 366 g/mol. The molecular weight excluding hydrogens is 342 g/mol. The number of nitrogens with zero attached hydrogens (tertiary/aromatic N) is 2. The van der Waals surface area contributed by atoms with Crippen LogP contribution in [-0.4, -0.2) is 10.6 Å². The molecule has 0 spiro atoms. The molecule has 1 aromatic heterocycles. The number of hydrogen-bond acceptors (Lipinski definition) is 1. The normalized spacial score (nSPS) is 10.4. The quantitative estimate of drug-likeness (QED) is 0.725. The van der Waals surface area contributed by atoms with Gasteiger partial charge in [-0.1, -0.05) is 32.0 Å². The molecule has 0 aliphatic carbocycles. The number of nitrogens with one attached hydrogen (secondary N) is 1. The second-order valence-electron chi connectivity index (χ2n) is 5.92. The van der Waals surface area contributed by atoms with E-state index in [1.165, 1.54) is 0 Å². The van der Waals surface area contributed by atoms with Gasteiger partial charge in [-0.15, -0.1) is 4.68 Å². The standard InChI is InChI=1S/C17H23N3O.BrH/c1-13(2)11-19-9-6-10-20(19)12-16(21)18-17-14(3)7-5-8-15(17)4;/h5-10,13H,11-12H2,1-4H3;1H. The van der Waals surface area contributed by atoms with Crippen molar-refractivity contribution < 1.29 is 26.5 Å². The van der Waals surface area contributed by atoms with E-state index >= 15 is 0 Å². The molecule has 0 unspecified atom stereocenters. The molecule has 0 fully saturated rings. The molecule has 0 aliphatic heterocycles. The van der Waals surface area contributed by atoms with Crippen LogP contribution in [0.4, 0.5) is 5.69 Å². The number of aromatic nitrogens is 2. The molecule has 1 N–H and O–H groups in total. The van der Waals surface area contributed by atoms with Crippen LogP contribution in [0.2, 0.25) is 0 Å². The minimum atomic E-state index is 0. The fourth-order valence-corrected chi connectivity index (χ4v) is 2.43. The zero-order valence-corrected chi connectivity index (χ0v) is 15.2. The molecule has 2 aromatic rings. The van der Waals surface area contributed by atoms with Gasteiger partial charge < -0.3 is 22.3 Å². The Morgan fingerprint density at radius 3 is 2.45 bits per heavy atom. The van der Waals surface area contributed by atoms with Crippen molar-refractivity contribution in [3.63, 3.8) is 0 Å². The first-order valence-electron chi connectivity index (χ1n) is 7.38. The largest absolute Gasteiger partial charge is 1.00 e. The first-order valence-corrected chi connectivity index (χ1v) is 7.38. The van der Waals surface area contributed by atoms with Gasteiger partial charge in [0.1, 0.15) is 0 Å². The lowest BCUT2D eigenvalue weighted by molar-refractivity contribution is -0.764. The summed E-state index contributed by atoms with van der Waals surface area (Å²) in [5, 5.41) is 3.02. The van der Waals surface area contributed by atoms with Gasteiger partial charge in [-0.25, -0.2) is 0 Å². The molecule has 5 heteroatoms. The van der Waals surface area contributed by atoms with Crippen LogP contribution in [0.25, 0.3) is 0 Å². The summed E-state index contributed by atoms with van der Waals surface area (Å²) in [5.41, 5.74) is 3.10. The van der Waals surface area contributed by atoms with Crippen LogP contribution < -0.4 is 27.0 Å². The molecule has 1 heterocycles. The topological polar surface area (TPSA) is 37.9 Å². The second kappa shape index (κ2) is 8.13. The Hall–Kier alpha value is -1.62. The highest BCUT2D eigenvalue weighted by molar-refractivity contribution is 5.91. The van der Waals surface area contributed by atoms with E-state index in [0.29, 0.717) is 12.5 Å². The third-order valence-electron chi connectivity index (χ3n) is 3.45. The predicted octanol–water partition coefficient (Wildman–Crippen LogP) is -0.309. The number of hydrogen-bond donors (Lipinski definition) is 1. The van der Waals surface area contributed by atoms with Crippen molar-refractivity contribution in [2.45, 2.75) is 40.8 Å². The Morgan fingerprint density at radius 1 is 1.23 bits per heavy atom. The zero-order chi connectivity index (χ0) is 15.4. The van der Waals surface area contributed by atoms with Crippen LogP contribution in [0.1, 0.15) is 25.0 Å². The van der Waals surface area contributed by atoms with E-state index in [0.717, 1.165) is 23.4 Å². The SMILES string of the molecule is Cc1cccc(C)c1NC(=O)C[n+]1cccn1CC(C)C.[Br-]. The lowest BCUT2D eigenvalue weighted by Crippen LogP contribution is -3.00. The van der Waals surface area contributed by atoms with Crippen molar-refractivity contribution in [1.82, 2.24) is 4.68 Å². The number of carbonyl (C=O) groups is 1. The molecular formula is C17H24BrN3O. The number of para-hydroxylation sites is 1. The van der Waals surface area contributed by atoms with Crippen LogP contribution in [0, 0.1) is 19.8 Å². The predicted molar refractivity (Wildman–Crippen MR) is 84.0 cm³/mol. The number of halogens is 1. The molecule has 0 saturated heterocycles. The van der Waals surface area contributed by atoms with Gasteiger partial charge in [0.2, 0.25) is 6.54 Å². The fourth-order valence-electron chi connectivity index (χ4n) is 2.43. The molecule has 4 nitrogen and oxygen atoms in total. The summed E-state index contributed by atoms with van der Waals surface area (Å²) in [6.45, 7) is 9.59. The van der Waals surface area contributed by atoms with Crippen molar-refractivity contribution in [2.75, 3.05) is 5.32 Å². The highest BCUT2D eigenvalue weighted by atomic mass is 79.9. The van der Waals surface area contributed by atoms with Gasteiger partial charge in [-0.2, -0.15) is 4.68 Å². The van der Waals surface area contributed by atoms with Crippen LogP contribution in [0.15, 0.2) is 36.7 Å². The lowest BCUT2D eigenvalue weighted by atomic mass is 10.1. The molecule has 0 atom stereocenters. The summed E-state index contributed by atoms with van der Waals surface area (Å²) >= 11 is 0. The molecule has 0 saturated carbocycles. The van der Waals surface area contributed by atoms with Gasteiger partial charge in [0, 0.05) is 11.8 Å². The van der Waals surface area contributed by atoms with Gasteiger partial charge in [0.05, 0.1) is 12.7 Å². The minimum Gasteiger partial charge on any atom is -1.00 e. The van der Waals surface area contributed by atoms with Gasteiger partial charge in [-0.05, 0) is 30.9 Å². The molecule has 2 rings (SSSR count). The van der Waals surface area contributed by atoms with E-state index in [1.54, 1.807) is 0 Å². The summed E-state index contributed by atoms with van der Waals surface area (Å²) in [7, 11) is 0.